The summed E-state index contributed by atoms with van der Waals surface area (Å²) in [6.45, 7) is 4.89. The number of tetrazole rings is 1. The zero-order chi connectivity index (χ0) is 15.6. The Kier molecular flexibility index (Phi) is 3.49. The van der Waals surface area contributed by atoms with Gasteiger partial charge in [0.25, 0.3) is 0 Å². The number of nitrogens with one attached hydrogen (secondary N) is 1. The zero-order valence-electron chi connectivity index (χ0n) is 12.9. The van der Waals surface area contributed by atoms with E-state index >= 15 is 0 Å². The smallest absolute Gasteiger partial charge is 0.200 e. The first kappa shape index (κ1) is 13.9. The predicted molar refractivity (Wildman–Crippen MR) is 86.4 cm³/mol. The molecule has 8 nitrogen and oxygen atoms in total. The van der Waals surface area contributed by atoms with E-state index < -0.39 is 0 Å². The van der Waals surface area contributed by atoms with Crippen molar-refractivity contribution in [1.29, 1.82) is 0 Å². The van der Waals surface area contributed by atoms with Crippen LogP contribution in [0.25, 0.3) is 5.65 Å². The molecule has 118 valence electrons. The molecule has 1 fully saturated rings. The molecule has 23 heavy (non-hydrogen) atoms. The van der Waals surface area contributed by atoms with Crippen LogP contribution in [-0.2, 0) is 0 Å². The molecule has 0 amide bonds. The largest absolute Gasteiger partial charge is 0.370 e. The lowest BCUT2D eigenvalue weighted by Gasteiger charge is -2.17. The number of fused-ring (bicyclic) bond motifs is 1. The molecule has 4 heterocycles. The fourth-order valence-electron chi connectivity index (χ4n) is 2.91. The van der Waals surface area contributed by atoms with Gasteiger partial charge in [-0.05, 0) is 54.0 Å². The van der Waals surface area contributed by atoms with E-state index in [2.05, 4.69) is 35.8 Å². The highest BCUT2D eigenvalue weighted by Gasteiger charge is 2.24. The molecule has 1 aliphatic heterocycles. The fourth-order valence-corrected chi connectivity index (χ4v) is 2.91. The summed E-state index contributed by atoms with van der Waals surface area (Å²) in [4.78, 5) is 6.75. The van der Waals surface area contributed by atoms with Gasteiger partial charge in [0.05, 0.1) is 0 Å². The second-order valence-electron chi connectivity index (χ2n) is 5.86. The van der Waals surface area contributed by atoms with Crippen LogP contribution in [0.2, 0.25) is 0 Å². The zero-order valence-corrected chi connectivity index (χ0v) is 12.9. The van der Waals surface area contributed by atoms with Crippen LogP contribution in [0.15, 0.2) is 30.3 Å². The van der Waals surface area contributed by atoms with Crippen LogP contribution in [0.5, 0.6) is 0 Å². The molecule has 0 aliphatic carbocycles. The van der Waals surface area contributed by atoms with Crippen molar-refractivity contribution in [3.63, 3.8) is 0 Å². The maximum atomic E-state index is 4.48. The topological polar surface area (TPSA) is 84.1 Å². The lowest BCUT2D eigenvalue weighted by atomic mass is 10.1. The Morgan fingerprint density at radius 2 is 2.22 bits per heavy atom. The van der Waals surface area contributed by atoms with E-state index in [4.69, 9.17) is 0 Å². The number of hydrogen-bond donors (Lipinski definition) is 1. The number of nitrogens with zero attached hydrogens (tertiary/aromatic N) is 7. The van der Waals surface area contributed by atoms with Crippen LogP contribution in [0, 0.1) is 12.8 Å². The molecular formula is C15H18N8. The highest BCUT2D eigenvalue weighted by atomic mass is 15.6. The van der Waals surface area contributed by atoms with Gasteiger partial charge >= 0.3 is 0 Å². The highest BCUT2D eigenvalue weighted by molar-refractivity contribution is 5.45. The lowest BCUT2D eigenvalue weighted by Crippen LogP contribution is -2.24. The quantitative estimate of drug-likeness (QED) is 0.774. The van der Waals surface area contributed by atoms with Gasteiger partial charge in [-0.25, -0.2) is 4.98 Å². The minimum Gasteiger partial charge on any atom is -0.370 e. The molecule has 4 rings (SSSR count). The number of aromatic nitrogens is 6. The Morgan fingerprint density at radius 3 is 3.13 bits per heavy atom. The second kappa shape index (κ2) is 5.79. The standard InChI is InChI=1S/C15H18N8/c1-11-3-2-4-13(17-11)16-9-12-7-8-22(10-12)15-6-5-14-18-20-21-23(14)19-15/h2-6,12H,7-10H2,1H3,(H,16,17)/t12-/m1/s1. The van der Waals surface area contributed by atoms with Gasteiger partial charge in [-0.2, -0.15) is 0 Å². The van der Waals surface area contributed by atoms with Crippen LogP contribution in [0.3, 0.4) is 0 Å². The Bertz CT molecular complexity index is 814. The molecule has 1 N–H and O–H groups in total. The van der Waals surface area contributed by atoms with E-state index in [1.165, 1.54) is 4.63 Å². The molecule has 3 aromatic rings. The third kappa shape index (κ3) is 2.92. The van der Waals surface area contributed by atoms with E-state index in [9.17, 15) is 0 Å². The number of anilines is 2. The van der Waals surface area contributed by atoms with Gasteiger partial charge in [0.15, 0.2) is 11.5 Å². The average molecular weight is 310 g/mol. The van der Waals surface area contributed by atoms with Crippen LogP contribution in [-0.4, -0.2) is 49.9 Å². The van der Waals surface area contributed by atoms with Crippen molar-refractivity contribution >= 4 is 17.3 Å². The van der Waals surface area contributed by atoms with E-state index in [1.807, 2.05) is 37.3 Å². The number of rotatable bonds is 4. The van der Waals surface area contributed by atoms with Crippen LogP contribution >= 0.6 is 0 Å². The predicted octanol–water partition coefficient (Wildman–Crippen LogP) is 1.16. The molecule has 0 unspecified atom stereocenters. The number of pyridine rings is 1. The van der Waals surface area contributed by atoms with Gasteiger partial charge in [0, 0.05) is 25.3 Å². The number of aryl methyl sites for hydroxylation is 1. The molecular weight excluding hydrogens is 292 g/mol. The molecule has 1 aliphatic rings. The number of hydrogen-bond acceptors (Lipinski definition) is 7. The SMILES string of the molecule is Cc1cccc(NC[C@H]2CCN(c3ccc4nnnn4n3)C2)n1. The summed E-state index contributed by atoms with van der Waals surface area (Å²) in [5, 5.41) is 19.2. The van der Waals surface area contributed by atoms with Crippen molar-refractivity contribution in [1.82, 2.24) is 30.2 Å². The summed E-state index contributed by atoms with van der Waals surface area (Å²) >= 11 is 0. The molecule has 0 saturated carbocycles. The summed E-state index contributed by atoms with van der Waals surface area (Å²) < 4.78 is 1.47. The Balaban J connectivity index is 1.38. The van der Waals surface area contributed by atoms with Crippen molar-refractivity contribution in [3.05, 3.63) is 36.0 Å². The monoisotopic (exact) mass is 310 g/mol. The fraction of sp³-hybridized carbons (Fsp3) is 0.400. The van der Waals surface area contributed by atoms with Crippen molar-refractivity contribution < 1.29 is 0 Å². The maximum Gasteiger partial charge on any atom is 0.200 e. The van der Waals surface area contributed by atoms with Gasteiger partial charge < -0.3 is 10.2 Å². The molecule has 0 spiro atoms. The van der Waals surface area contributed by atoms with Crippen molar-refractivity contribution in [2.45, 2.75) is 13.3 Å². The van der Waals surface area contributed by atoms with Gasteiger partial charge in [-0.1, -0.05) is 6.07 Å². The van der Waals surface area contributed by atoms with Crippen molar-refractivity contribution in [3.8, 4) is 0 Å². The van der Waals surface area contributed by atoms with Gasteiger partial charge in [0.2, 0.25) is 0 Å². The Hall–Kier alpha value is -2.77. The van der Waals surface area contributed by atoms with Crippen LogP contribution < -0.4 is 10.2 Å². The average Bonchev–Trinajstić information content (AvgIpc) is 3.21. The minimum atomic E-state index is 0.573. The summed E-state index contributed by atoms with van der Waals surface area (Å²) in [7, 11) is 0. The minimum absolute atomic E-state index is 0.573. The van der Waals surface area contributed by atoms with E-state index in [0.717, 1.165) is 43.4 Å². The summed E-state index contributed by atoms with van der Waals surface area (Å²) in [5.41, 5.74) is 1.69. The normalized spacial score (nSPS) is 17.8. The second-order valence-corrected chi connectivity index (χ2v) is 5.86. The van der Waals surface area contributed by atoms with E-state index in [-0.39, 0.29) is 0 Å². The molecule has 3 aromatic heterocycles. The molecule has 1 saturated heterocycles. The lowest BCUT2D eigenvalue weighted by molar-refractivity contribution is 0.619. The highest BCUT2D eigenvalue weighted by Crippen LogP contribution is 2.22. The summed E-state index contributed by atoms with van der Waals surface area (Å²) in [5.74, 6) is 2.43. The van der Waals surface area contributed by atoms with Crippen LogP contribution in [0.1, 0.15) is 12.1 Å². The Labute approximate surface area is 133 Å². The van der Waals surface area contributed by atoms with Gasteiger partial charge in [-0.3, -0.25) is 0 Å². The molecule has 0 radical (unpaired) electrons. The molecule has 8 heteroatoms. The Morgan fingerprint density at radius 1 is 1.26 bits per heavy atom. The van der Waals surface area contributed by atoms with E-state index in [1.54, 1.807) is 0 Å². The third-order valence-electron chi connectivity index (χ3n) is 4.13. The summed E-state index contributed by atoms with van der Waals surface area (Å²) in [6.07, 6.45) is 1.13. The van der Waals surface area contributed by atoms with Gasteiger partial charge in [0.1, 0.15) is 5.82 Å². The first-order valence-electron chi connectivity index (χ1n) is 7.76. The molecule has 1 atom stereocenters. The first-order chi connectivity index (χ1) is 11.3. The first-order valence-corrected chi connectivity index (χ1v) is 7.76. The van der Waals surface area contributed by atoms with Crippen molar-refractivity contribution in [2.75, 3.05) is 29.9 Å². The van der Waals surface area contributed by atoms with Crippen molar-refractivity contribution in [2.24, 2.45) is 5.92 Å². The van der Waals surface area contributed by atoms with Gasteiger partial charge in [-0.15, -0.1) is 14.8 Å². The maximum absolute atomic E-state index is 4.48. The summed E-state index contributed by atoms with van der Waals surface area (Å²) in [6, 6.07) is 9.90. The third-order valence-corrected chi connectivity index (χ3v) is 4.13. The van der Waals surface area contributed by atoms with Crippen LogP contribution in [0.4, 0.5) is 11.6 Å². The van der Waals surface area contributed by atoms with E-state index in [0.29, 0.717) is 11.6 Å². The molecule has 0 aromatic carbocycles. The molecule has 0 bridgehead atoms.